The molecule has 0 aromatic carbocycles. The molecule has 14 heteroatoms. The summed E-state index contributed by atoms with van der Waals surface area (Å²) in [5, 5.41) is -2.76. The fourth-order valence-corrected chi connectivity index (χ4v) is 1.25. The molecular formula is C11H11F8NO4S. The van der Waals surface area contributed by atoms with Crippen LogP contribution in [0.3, 0.4) is 0 Å². The van der Waals surface area contributed by atoms with E-state index in [9.17, 15) is 44.7 Å². The molecule has 0 fully saturated rings. The number of thiol groups is 1. The van der Waals surface area contributed by atoms with Gasteiger partial charge in [-0.1, -0.05) is 6.58 Å². The van der Waals surface area contributed by atoms with E-state index in [2.05, 4.69) is 28.7 Å². The van der Waals surface area contributed by atoms with Crippen molar-refractivity contribution in [3.8, 4) is 0 Å². The van der Waals surface area contributed by atoms with Crippen LogP contribution in [-0.4, -0.2) is 48.4 Å². The van der Waals surface area contributed by atoms with E-state index in [1.807, 2.05) is 0 Å². The van der Waals surface area contributed by atoms with Crippen LogP contribution in [0.4, 0.5) is 35.1 Å². The summed E-state index contributed by atoms with van der Waals surface area (Å²) in [4.78, 5) is 22.9. The fourth-order valence-electron chi connectivity index (χ4n) is 1.18. The number of hydrogen-bond acceptors (Lipinski definition) is 5. The number of hydrogen-bond donors (Lipinski definition) is 2. The quantitative estimate of drug-likeness (QED) is 0.225. The zero-order valence-electron chi connectivity index (χ0n) is 12.2. The topological polar surface area (TPSA) is 64.6 Å². The summed E-state index contributed by atoms with van der Waals surface area (Å²) in [6.45, 7) is 0.560. The average molecular weight is 405 g/mol. The SMILES string of the molecule is C=C(C(=O)OC(OCC(F)(F)S)(C(=O)NCC)C(F)(F)F)C(F)(F)F. The van der Waals surface area contributed by atoms with Gasteiger partial charge in [-0.15, -0.1) is 12.6 Å². The summed E-state index contributed by atoms with van der Waals surface area (Å²) in [5.74, 6) is -9.82. The van der Waals surface area contributed by atoms with Crippen molar-refractivity contribution in [1.29, 1.82) is 0 Å². The number of ether oxygens (including phenoxy) is 2. The van der Waals surface area contributed by atoms with Gasteiger partial charge >= 0.3 is 35.3 Å². The van der Waals surface area contributed by atoms with E-state index in [0.717, 1.165) is 6.92 Å². The van der Waals surface area contributed by atoms with E-state index in [4.69, 9.17) is 0 Å². The molecule has 0 bridgehead atoms. The highest BCUT2D eigenvalue weighted by Crippen LogP contribution is 2.38. The smallest absolute Gasteiger partial charge is 0.412 e. The lowest BCUT2D eigenvalue weighted by atomic mass is 10.2. The lowest BCUT2D eigenvalue weighted by molar-refractivity contribution is -0.352. The van der Waals surface area contributed by atoms with Crippen LogP contribution in [0.2, 0.25) is 0 Å². The van der Waals surface area contributed by atoms with Crippen LogP contribution < -0.4 is 5.32 Å². The average Bonchev–Trinajstić information content (AvgIpc) is 2.39. The van der Waals surface area contributed by atoms with Gasteiger partial charge in [0.05, 0.1) is 0 Å². The minimum Gasteiger partial charge on any atom is -0.412 e. The summed E-state index contributed by atoms with van der Waals surface area (Å²) >= 11 is 2.56. The highest BCUT2D eigenvalue weighted by Gasteiger charge is 2.67. The van der Waals surface area contributed by atoms with Crippen LogP contribution in [0.5, 0.6) is 0 Å². The van der Waals surface area contributed by atoms with Crippen molar-refractivity contribution >= 4 is 24.5 Å². The van der Waals surface area contributed by atoms with E-state index < -0.39 is 54.0 Å². The molecule has 0 spiro atoms. The molecule has 1 N–H and O–H groups in total. The molecule has 5 nitrogen and oxygen atoms in total. The lowest BCUT2D eigenvalue weighted by Gasteiger charge is -2.33. The van der Waals surface area contributed by atoms with Gasteiger partial charge in [0.25, 0.3) is 0 Å². The van der Waals surface area contributed by atoms with Crippen LogP contribution in [0.1, 0.15) is 6.92 Å². The largest absolute Gasteiger partial charge is 0.466 e. The molecule has 0 aliphatic rings. The number of esters is 1. The molecule has 1 unspecified atom stereocenters. The summed E-state index contributed by atoms with van der Waals surface area (Å²) < 4.78 is 109. The molecule has 0 heterocycles. The maximum absolute atomic E-state index is 13.2. The second-order valence-electron chi connectivity index (χ2n) is 4.29. The van der Waals surface area contributed by atoms with Gasteiger partial charge < -0.3 is 14.8 Å². The van der Waals surface area contributed by atoms with E-state index in [1.54, 1.807) is 0 Å². The molecule has 0 saturated carbocycles. The van der Waals surface area contributed by atoms with Crippen molar-refractivity contribution < 1.29 is 54.2 Å². The number of carbonyl (C=O) groups excluding carboxylic acids is 2. The zero-order chi connectivity index (χ0) is 20.3. The first kappa shape index (κ1) is 23.4. The van der Waals surface area contributed by atoms with E-state index in [0.29, 0.717) is 0 Å². The van der Waals surface area contributed by atoms with Crippen molar-refractivity contribution in [1.82, 2.24) is 5.32 Å². The monoisotopic (exact) mass is 405 g/mol. The van der Waals surface area contributed by atoms with Crippen LogP contribution in [0.15, 0.2) is 12.2 Å². The molecule has 0 rings (SSSR count). The normalized spacial score (nSPS) is 15.3. The third-order valence-electron chi connectivity index (χ3n) is 2.28. The van der Waals surface area contributed by atoms with Crippen LogP contribution >= 0.6 is 12.6 Å². The van der Waals surface area contributed by atoms with Crippen LogP contribution in [-0.2, 0) is 19.1 Å². The molecule has 0 radical (unpaired) electrons. The Kier molecular flexibility index (Phi) is 7.27. The number of halogens is 8. The first-order chi connectivity index (χ1) is 11.0. The number of amides is 1. The van der Waals surface area contributed by atoms with Gasteiger partial charge in [-0.05, 0) is 6.92 Å². The fraction of sp³-hybridized carbons (Fsp3) is 0.636. The Bertz CT molecular complexity index is 528. The van der Waals surface area contributed by atoms with Gasteiger partial charge in [-0.3, -0.25) is 4.79 Å². The third-order valence-corrected chi connectivity index (χ3v) is 2.41. The molecule has 0 aromatic heterocycles. The second-order valence-corrected chi connectivity index (χ2v) is 4.95. The lowest BCUT2D eigenvalue weighted by Crippen LogP contribution is -2.62. The number of rotatable bonds is 7. The van der Waals surface area contributed by atoms with E-state index in [1.165, 1.54) is 5.32 Å². The van der Waals surface area contributed by atoms with E-state index >= 15 is 0 Å². The van der Waals surface area contributed by atoms with Gasteiger partial charge in [0.15, 0.2) is 0 Å². The minimum atomic E-state index is -6.01. The van der Waals surface area contributed by atoms with Crippen molar-refractivity contribution in [3.05, 3.63) is 12.2 Å². The molecule has 146 valence electrons. The molecule has 0 aromatic rings. The van der Waals surface area contributed by atoms with Crippen molar-refractivity contribution in [3.63, 3.8) is 0 Å². The Morgan fingerprint density at radius 1 is 1.08 bits per heavy atom. The van der Waals surface area contributed by atoms with Crippen molar-refractivity contribution in [2.45, 2.75) is 30.3 Å². The number of carbonyl (C=O) groups is 2. The standard InChI is InChI=1S/C11H11F8NO4S/c1-3-20-7(22)9(11(17,18)19,23-4-8(12,13)25)24-6(21)5(2)10(14,15)16/h25H,2-4H2,1H3,(H,20,22). The van der Waals surface area contributed by atoms with Gasteiger partial charge in [-0.25, -0.2) is 4.79 Å². The number of nitrogens with one attached hydrogen (secondary N) is 1. The summed E-state index contributed by atoms with van der Waals surface area (Å²) in [6.07, 6.45) is -11.5. The minimum absolute atomic E-state index is 0.519. The number of likely N-dealkylation sites (N-methyl/N-ethyl adjacent to an activating group) is 1. The zero-order valence-corrected chi connectivity index (χ0v) is 13.1. The van der Waals surface area contributed by atoms with Crippen LogP contribution in [0.25, 0.3) is 0 Å². The Hall–Kier alpha value is -1.57. The predicted molar refractivity (Wildman–Crippen MR) is 68.6 cm³/mol. The number of alkyl halides is 8. The van der Waals surface area contributed by atoms with Crippen molar-refractivity contribution in [2.24, 2.45) is 0 Å². The Labute approximate surface area is 140 Å². The van der Waals surface area contributed by atoms with Gasteiger partial charge in [0, 0.05) is 6.54 Å². The second kappa shape index (κ2) is 7.76. The summed E-state index contributed by atoms with van der Waals surface area (Å²) in [5.41, 5.74) is -2.41. The maximum atomic E-state index is 13.2. The summed E-state index contributed by atoms with van der Waals surface area (Å²) in [7, 11) is 0. The molecule has 0 aliphatic carbocycles. The molecule has 0 aliphatic heterocycles. The third kappa shape index (κ3) is 6.34. The van der Waals surface area contributed by atoms with E-state index in [-0.39, 0.29) is 0 Å². The van der Waals surface area contributed by atoms with Gasteiger partial charge in [0.1, 0.15) is 12.2 Å². The Morgan fingerprint density at radius 3 is 1.88 bits per heavy atom. The molecule has 0 saturated heterocycles. The molecule has 25 heavy (non-hydrogen) atoms. The van der Waals surface area contributed by atoms with Crippen LogP contribution in [0, 0.1) is 0 Å². The van der Waals surface area contributed by atoms with Gasteiger partial charge in [-0.2, -0.15) is 35.1 Å². The highest BCUT2D eigenvalue weighted by molar-refractivity contribution is 7.81. The maximum Gasteiger partial charge on any atom is 0.466 e. The van der Waals surface area contributed by atoms with Crippen molar-refractivity contribution in [2.75, 3.05) is 13.2 Å². The molecular weight excluding hydrogens is 394 g/mol. The molecule has 1 atom stereocenters. The Balaban J connectivity index is 5.96. The summed E-state index contributed by atoms with van der Waals surface area (Å²) in [6, 6.07) is 0. The first-order valence-electron chi connectivity index (χ1n) is 6.06. The van der Waals surface area contributed by atoms with Gasteiger partial charge in [0.2, 0.25) is 0 Å². The molecule has 1 amide bonds. The first-order valence-corrected chi connectivity index (χ1v) is 6.51. The Morgan fingerprint density at radius 2 is 1.56 bits per heavy atom. The predicted octanol–water partition coefficient (Wildman–Crippen LogP) is 2.58. The highest BCUT2D eigenvalue weighted by atomic mass is 32.1.